The van der Waals surface area contributed by atoms with Gasteiger partial charge in [0, 0.05) is 31.0 Å². The fourth-order valence-electron chi connectivity index (χ4n) is 2.09. The third-order valence-corrected chi connectivity index (χ3v) is 3.20. The maximum Gasteiger partial charge on any atom is 0.0850 e. The predicted octanol–water partition coefficient (Wildman–Crippen LogP) is 1.92. The van der Waals surface area contributed by atoms with Crippen LogP contribution in [0.15, 0.2) is 12.4 Å². The zero-order valence-electron chi connectivity index (χ0n) is 9.97. The van der Waals surface area contributed by atoms with Crippen molar-refractivity contribution < 1.29 is 9.84 Å². The smallest absolute Gasteiger partial charge is 0.0850 e. The first kappa shape index (κ1) is 11.6. The minimum Gasteiger partial charge on any atom is -0.388 e. The molecule has 16 heavy (non-hydrogen) atoms. The lowest BCUT2D eigenvalue weighted by atomic mass is 9.91. The van der Waals surface area contributed by atoms with Crippen molar-refractivity contribution in [1.82, 2.24) is 9.78 Å². The lowest BCUT2D eigenvalue weighted by Crippen LogP contribution is -2.21. The molecule has 0 spiro atoms. The molecule has 1 atom stereocenters. The van der Waals surface area contributed by atoms with Gasteiger partial charge in [0.25, 0.3) is 0 Å². The van der Waals surface area contributed by atoms with E-state index in [0.717, 1.165) is 31.6 Å². The summed E-state index contributed by atoms with van der Waals surface area (Å²) in [6, 6.07) is 0.343. The van der Waals surface area contributed by atoms with Gasteiger partial charge in [-0.3, -0.25) is 4.68 Å². The molecule has 4 nitrogen and oxygen atoms in total. The van der Waals surface area contributed by atoms with Crippen LogP contribution in [-0.4, -0.2) is 28.1 Å². The molecule has 1 aromatic heterocycles. The Labute approximate surface area is 96.2 Å². The summed E-state index contributed by atoms with van der Waals surface area (Å²) in [5.41, 5.74) is 0.931. The van der Waals surface area contributed by atoms with E-state index in [1.807, 2.05) is 10.9 Å². The van der Waals surface area contributed by atoms with Crippen LogP contribution in [0.25, 0.3) is 0 Å². The van der Waals surface area contributed by atoms with Crippen molar-refractivity contribution in [2.75, 3.05) is 13.2 Å². The molecular weight excluding hydrogens is 204 g/mol. The Hall–Kier alpha value is -0.870. The Morgan fingerprint density at radius 2 is 2.12 bits per heavy atom. The molecule has 90 valence electrons. The lowest BCUT2D eigenvalue weighted by molar-refractivity contribution is 0.00714. The van der Waals surface area contributed by atoms with Crippen LogP contribution < -0.4 is 0 Å². The van der Waals surface area contributed by atoms with E-state index in [1.165, 1.54) is 0 Å². The van der Waals surface area contributed by atoms with E-state index in [9.17, 15) is 5.11 Å². The molecule has 1 aliphatic rings. The molecule has 0 bridgehead atoms. The van der Waals surface area contributed by atoms with Crippen LogP contribution >= 0.6 is 0 Å². The van der Waals surface area contributed by atoms with Gasteiger partial charge in [-0.05, 0) is 32.6 Å². The van der Waals surface area contributed by atoms with E-state index < -0.39 is 6.10 Å². The minimum absolute atomic E-state index is 0.318. The Bertz CT molecular complexity index is 330. The van der Waals surface area contributed by atoms with Crippen LogP contribution in [0.1, 0.15) is 44.4 Å². The molecule has 0 amide bonds. The van der Waals surface area contributed by atoms with Gasteiger partial charge in [0.15, 0.2) is 0 Å². The van der Waals surface area contributed by atoms with Crippen molar-refractivity contribution in [3.8, 4) is 0 Å². The van der Waals surface area contributed by atoms with Gasteiger partial charge in [-0.15, -0.1) is 0 Å². The van der Waals surface area contributed by atoms with E-state index in [4.69, 9.17) is 4.74 Å². The molecule has 0 aromatic carbocycles. The third-order valence-electron chi connectivity index (χ3n) is 3.20. The Morgan fingerprint density at radius 3 is 2.69 bits per heavy atom. The zero-order chi connectivity index (χ0) is 11.5. The maximum atomic E-state index is 10.2. The summed E-state index contributed by atoms with van der Waals surface area (Å²) in [6.45, 7) is 5.69. The van der Waals surface area contributed by atoms with Gasteiger partial charge >= 0.3 is 0 Å². The summed E-state index contributed by atoms with van der Waals surface area (Å²) < 4.78 is 7.18. The van der Waals surface area contributed by atoms with E-state index in [1.54, 1.807) is 6.20 Å². The Balaban J connectivity index is 2.04. The van der Waals surface area contributed by atoms with Crippen LogP contribution in [-0.2, 0) is 4.74 Å². The topological polar surface area (TPSA) is 47.3 Å². The monoisotopic (exact) mass is 224 g/mol. The van der Waals surface area contributed by atoms with Crippen molar-refractivity contribution in [3.05, 3.63) is 18.0 Å². The van der Waals surface area contributed by atoms with Crippen molar-refractivity contribution in [1.29, 1.82) is 0 Å². The molecule has 1 unspecified atom stereocenters. The number of nitrogens with zero attached hydrogens (tertiary/aromatic N) is 2. The summed E-state index contributed by atoms with van der Waals surface area (Å²) in [5.74, 6) is 0.318. The van der Waals surface area contributed by atoms with Gasteiger partial charge in [-0.25, -0.2) is 0 Å². The predicted molar refractivity (Wildman–Crippen MR) is 61.1 cm³/mol. The molecule has 4 heteroatoms. The highest BCUT2D eigenvalue weighted by Gasteiger charge is 2.24. The highest BCUT2D eigenvalue weighted by Crippen LogP contribution is 2.29. The molecule has 1 aliphatic heterocycles. The summed E-state index contributed by atoms with van der Waals surface area (Å²) in [4.78, 5) is 0. The van der Waals surface area contributed by atoms with Crippen LogP contribution in [0.4, 0.5) is 0 Å². The Morgan fingerprint density at radius 1 is 1.44 bits per heavy atom. The highest BCUT2D eigenvalue weighted by atomic mass is 16.5. The van der Waals surface area contributed by atoms with Crippen LogP contribution in [0.5, 0.6) is 0 Å². The SMILES string of the molecule is CC(C)n1cc(C(O)C2CCOCC2)cn1. The molecular formula is C12H20N2O2. The number of aliphatic hydroxyl groups excluding tert-OH is 1. The molecule has 1 aromatic rings. The first-order valence-corrected chi connectivity index (χ1v) is 5.98. The van der Waals surface area contributed by atoms with E-state index in [0.29, 0.717) is 12.0 Å². The van der Waals surface area contributed by atoms with E-state index >= 15 is 0 Å². The first-order valence-electron chi connectivity index (χ1n) is 5.98. The van der Waals surface area contributed by atoms with Crippen LogP contribution in [0, 0.1) is 5.92 Å². The van der Waals surface area contributed by atoms with Gasteiger partial charge in [0.2, 0.25) is 0 Å². The molecule has 0 saturated carbocycles. The van der Waals surface area contributed by atoms with Crippen molar-refractivity contribution >= 4 is 0 Å². The van der Waals surface area contributed by atoms with Crippen molar-refractivity contribution in [3.63, 3.8) is 0 Å². The van der Waals surface area contributed by atoms with Gasteiger partial charge < -0.3 is 9.84 Å². The zero-order valence-corrected chi connectivity index (χ0v) is 9.97. The number of aromatic nitrogens is 2. The quantitative estimate of drug-likeness (QED) is 0.853. The number of rotatable bonds is 3. The fraction of sp³-hybridized carbons (Fsp3) is 0.750. The molecule has 1 N–H and O–H groups in total. The molecule has 1 fully saturated rings. The molecule has 0 aliphatic carbocycles. The Kier molecular flexibility index (Phi) is 3.61. The maximum absolute atomic E-state index is 10.2. The van der Waals surface area contributed by atoms with Gasteiger partial charge in [0.1, 0.15) is 0 Å². The highest BCUT2D eigenvalue weighted by molar-refractivity contribution is 5.09. The number of aliphatic hydroxyl groups is 1. The summed E-state index contributed by atoms with van der Waals surface area (Å²) in [7, 11) is 0. The number of hydrogen-bond donors (Lipinski definition) is 1. The van der Waals surface area contributed by atoms with E-state index in [2.05, 4.69) is 18.9 Å². The largest absolute Gasteiger partial charge is 0.388 e. The normalized spacial score (nSPS) is 20.2. The molecule has 2 heterocycles. The first-order chi connectivity index (χ1) is 7.68. The second-order valence-corrected chi connectivity index (χ2v) is 4.74. The molecule has 0 radical (unpaired) electrons. The third kappa shape index (κ3) is 2.44. The van der Waals surface area contributed by atoms with Gasteiger partial charge in [0.05, 0.1) is 12.3 Å². The fourth-order valence-corrected chi connectivity index (χ4v) is 2.09. The average Bonchev–Trinajstić information content (AvgIpc) is 2.78. The van der Waals surface area contributed by atoms with Gasteiger partial charge in [-0.1, -0.05) is 0 Å². The van der Waals surface area contributed by atoms with E-state index in [-0.39, 0.29) is 0 Å². The average molecular weight is 224 g/mol. The van der Waals surface area contributed by atoms with Crippen molar-refractivity contribution in [2.45, 2.75) is 38.8 Å². The van der Waals surface area contributed by atoms with Gasteiger partial charge in [-0.2, -0.15) is 5.10 Å². The summed E-state index contributed by atoms with van der Waals surface area (Å²) in [5, 5.41) is 14.5. The molecule has 1 saturated heterocycles. The minimum atomic E-state index is -0.392. The molecule has 2 rings (SSSR count). The second-order valence-electron chi connectivity index (χ2n) is 4.74. The number of ether oxygens (including phenoxy) is 1. The summed E-state index contributed by atoms with van der Waals surface area (Å²) >= 11 is 0. The lowest BCUT2D eigenvalue weighted by Gasteiger charge is -2.26. The summed E-state index contributed by atoms with van der Waals surface area (Å²) in [6.07, 6.45) is 5.21. The van der Waals surface area contributed by atoms with Crippen LogP contribution in [0.2, 0.25) is 0 Å². The number of hydrogen-bond acceptors (Lipinski definition) is 3. The second kappa shape index (κ2) is 4.97. The van der Waals surface area contributed by atoms with Crippen molar-refractivity contribution in [2.24, 2.45) is 5.92 Å². The van der Waals surface area contributed by atoms with Crippen LogP contribution in [0.3, 0.4) is 0 Å². The standard InChI is InChI=1S/C12H20N2O2/c1-9(2)14-8-11(7-13-14)12(15)10-3-5-16-6-4-10/h7-10,12,15H,3-6H2,1-2H3.